The highest BCUT2D eigenvalue weighted by Crippen LogP contribution is 2.26. The van der Waals surface area contributed by atoms with Gasteiger partial charge in [0, 0.05) is 6.04 Å². The minimum absolute atomic E-state index is 0.0938. The van der Waals surface area contributed by atoms with E-state index in [1.165, 1.54) is 17.6 Å². The summed E-state index contributed by atoms with van der Waals surface area (Å²) in [6, 6.07) is 1.99. The molecule has 164 valence electrons. The van der Waals surface area contributed by atoms with Crippen LogP contribution in [-0.2, 0) is 20.9 Å². The van der Waals surface area contributed by atoms with Crippen molar-refractivity contribution in [1.29, 1.82) is 0 Å². The first-order valence-electron chi connectivity index (χ1n) is 10.6. The van der Waals surface area contributed by atoms with Crippen molar-refractivity contribution in [2.24, 2.45) is 0 Å². The van der Waals surface area contributed by atoms with Gasteiger partial charge in [-0.3, -0.25) is 19.7 Å². The lowest BCUT2D eigenvalue weighted by Crippen LogP contribution is -2.60. The smallest absolute Gasteiger partial charge is 0.322 e. The molecule has 0 spiro atoms. The Morgan fingerprint density at radius 2 is 2.00 bits per heavy atom. The first kappa shape index (κ1) is 21.9. The van der Waals surface area contributed by atoms with Gasteiger partial charge < -0.3 is 20.0 Å². The summed E-state index contributed by atoms with van der Waals surface area (Å²) < 4.78 is 5.42. The van der Waals surface area contributed by atoms with Crippen molar-refractivity contribution in [2.45, 2.75) is 83.0 Å². The third-order valence-electron chi connectivity index (χ3n) is 6.15. The molecule has 0 radical (unpaired) electrons. The van der Waals surface area contributed by atoms with Crippen LogP contribution in [0.25, 0.3) is 0 Å². The lowest BCUT2D eigenvalue weighted by atomic mass is 9.90. The van der Waals surface area contributed by atoms with E-state index < -0.39 is 29.4 Å². The second-order valence-electron chi connectivity index (χ2n) is 8.21. The molecule has 1 aromatic rings. The number of carbonyl (C=O) groups is 4. The van der Waals surface area contributed by atoms with Crippen LogP contribution in [0, 0.1) is 0 Å². The fourth-order valence-electron chi connectivity index (χ4n) is 4.05. The number of nitrogens with zero attached hydrogens (tertiary/aromatic N) is 1. The molecule has 0 aromatic carbocycles. The molecule has 2 atom stereocenters. The Hall–Kier alpha value is -2.84. The predicted octanol–water partition coefficient (Wildman–Crippen LogP) is 1.82. The van der Waals surface area contributed by atoms with Gasteiger partial charge in [-0.2, -0.15) is 0 Å². The zero-order valence-corrected chi connectivity index (χ0v) is 17.5. The largest absolute Gasteiger partial charge is 0.467 e. The first-order chi connectivity index (χ1) is 14.3. The minimum atomic E-state index is -1.12. The number of nitrogens with one attached hydrogen (secondary N) is 3. The van der Waals surface area contributed by atoms with E-state index >= 15 is 0 Å². The molecule has 2 heterocycles. The Labute approximate surface area is 175 Å². The normalized spacial score (nSPS) is 21.5. The maximum absolute atomic E-state index is 13.3. The SMILES string of the molecule is CC[C@](C)(C(=O)NC1CCCCC1)N(Cc1ccco1)C(=O)C[C@H]1NC(=O)NC1=O. The molecule has 5 amide bonds. The van der Waals surface area contributed by atoms with Crippen LogP contribution in [0.2, 0.25) is 0 Å². The van der Waals surface area contributed by atoms with Crippen molar-refractivity contribution in [3.63, 3.8) is 0 Å². The standard InChI is InChI=1S/C21H30N4O5/c1-3-21(2,19(28)22-14-8-5-4-6-9-14)25(13-15-10-7-11-30-15)17(26)12-16-18(27)24-20(29)23-16/h7,10-11,14,16H,3-6,8-9,12-13H2,1-2H3,(H,22,28)(H2,23,24,27,29)/t16-,21-/m1/s1. The molecule has 0 bridgehead atoms. The molecule has 1 saturated carbocycles. The van der Waals surface area contributed by atoms with E-state index in [1.54, 1.807) is 19.1 Å². The van der Waals surface area contributed by atoms with Gasteiger partial charge in [0.05, 0.1) is 19.2 Å². The zero-order chi connectivity index (χ0) is 21.7. The molecular formula is C21H30N4O5. The summed E-state index contributed by atoms with van der Waals surface area (Å²) in [5.41, 5.74) is -1.12. The third-order valence-corrected chi connectivity index (χ3v) is 6.15. The molecule has 3 rings (SSSR count). The molecule has 30 heavy (non-hydrogen) atoms. The molecule has 2 fully saturated rings. The van der Waals surface area contributed by atoms with Crippen LogP contribution in [0.3, 0.4) is 0 Å². The van der Waals surface area contributed by atoms with Crippen LogP contribution in [-0.4, -0.2) is 46.3 Å². The van der Waals surface area contributed by atoms with E-state index in [9.17, 15) is 19.2 Å². The van der Waals surface area contributed by atoms with Crippen LogP contribution < -0.4 is 16.0 Å². The molecule has 1 aromatic heterocycles. The lowest BCUT2D eigenvalue weighted by Gasteiger charge is -2.40. The third kappa shape index (κ3) is 4.83. The Morgan fingerprint density at radius 3 is 2.57 bits per heavy atom. The van der Waals surface area contributed by atoms with E-state index in [-0.39, 0.29) is 24.9 Å². The molecule has 0 unspecified atom stereocenters. The second-order valence-corrected chi connectivity index (χ2v) is 8.21. The topological polar surface area (TPSA) is 121 Å². The van der Waals surface area contributed by atoms with E-state index in [1.807, 2.05) is 6.92 Å². The van der Waals surface area contributed by atoms with Crippen molar-refractivity contribution in [1.82, 2.24) is 20.9 Å². The van der Waals surface area contributed by atoms with Gasteiger partial charge in [0.2, 0.25) is 11.8 Å². The number of rotatable bonds is 8. The van der Waals surface area contributed by atoms with E-state index in [0.717, 1.165) is 25.7 Å². The van der Waals surface area contributed by atoms with Crippen LogP contribution in [0.5, 0.6) is 0 Å². The van der Waals surface area contributed by atoms with Crippen LogP contribution in [0.4, 0.5) is 4.79 Å². The average Bonchev–Trinajstić information content (AvgIpc) is 3.35. The number of hydrogen-bond acceptors (Lipinski definition) is 5. The van der Waals surface area contributed by atoms with Crippen molar-refractivity contribution in [3.8, 4) is 0 Å². The molecule has 9 heteroatoms. The summed E-state index contributed by atoms with van der Waals surface area (Å²) in [7, 11) is 0. The maximum Gasteiger partial charge on any atom is 0.322 e. The highest BCUT2D eigenvalue weighted by atomic mass is 16.3. The van der Waals surface area contributed by atoms with E-state index in [0.29, 0.717) is 12.2 Å². The van der Waals surface area contributed by atoms with Crippen molar-refractivity contribution in [3.05, 3.63) is 24.2 Å². The van der Waals surface area contributed by atoms with Crippen LogP contribution >= 0.6 is 0 Å². The fraction of sp³-hybridized carbons (Fsp3) is 0.619. The fourth-order valence-corrected chi connectivity index (χ4v) is 4.05. The number of furan rings is 1. The second kappa shape index (κ2) is 9.32. The predicted molar refractivity (Wildman–Crippen MR) is 108 cm³/mol. The number of imide groups is 1. The molecular weight excluding hydrogens is 388 g/mol. The lowest BCUT2D eigenvalue weighted by molar-refractivity contribution is -0.149. The first-order valence-corrected chi connectivity index (χ1v) is 10.6. The van der Waals surface area contributed by atoms with Gasteiger partial charge in [-0.1, -0.05) is 26.2 Å². The summed E-state index contributed by atoms with van der Waals surface area (Å²) in [5, 5.41) is 7.69. The molecule has 1 aliphatic carbocycles. The van der Waals surface area contributed by atoms with Gasteiger partial charge in [-0.25, -0.2) is 4.79 Å². The molecule has 9 nitrogen and oxygen atoms in total. The van der Waals surface area contributed by atoms with Crippen molar-refractivity contribution < 1.29 is 23.6 Å². The monoisotopic (exact) mass is 418 g/mol. The van der Waals surface area contributed by atoms with Gasteiger partial charge in [0.1, 0.15) is 17.3 Å². The molecule has 1 saturated heterocycles. The van der Waals surface area contributed by atoms with Gasteiger partial charge in [0.25, 0.3) is 5.91 Å². The van der Waals surface area contributed by atoms with Crippen molar-refractivity contribution in [2.75, 3.05) is 0 Å². The van der Waals surface area contributed by atoms with E-state index in [2.05, 4.69) is 16.0 Å². The Morgan fingerprint density at radius 1 is 1.27 bits per heavy atom. The number of urea groups is 1. The molecule has 2 aliphatic rings. The summed E-state index contributed by atoms with van der Waals surface area (Å²) >= 11 is 0. The average molecular weight is 418 g/mol. The highest BCUT2D eigenvalue weighted by molar-refractivity contribution is 6.06. The Balaban J connectivity index is 1.80. The molecule has 3 N–H and O–H groups in total. The van der Waals surface area contributed by atoms with Crippen LogP contribution in [0.1, 0.15) is 64.6 Å². The highest BCUT2D eigenvalue weighted by Gasteiger charge is 2.43. The van der Waals surface area contributed by atoms with Crippen molar-refractivity contribution >= 4 is 23.8 Å². The Bertz CT molecular complexity index is 787. The number of carbonyl (C=O) groups excluding carboxylic acids is 4. The number of amides is 5. The minimum Gasteiger partial charge on any atom is -0.467 e. The van der Waals surface area contributed by atoms with Gasteiger partial charge in [0.15, 0.2) is 0 Å². The summed E-state index contributed by atoms with van der Waals surface area (Å²) in [4.78, 5) is 51.3. The molecule has 1 aliphatic heterocycles. The summed E-state index contributed by atoms with van der Waals surface area (Å²) in [6.45, 7) is 3.68. The van der Waals surface area contributed by atoms with Gasteiger partial charge in [-0.05, 0) is 38.3 Å². The summed E-state index contributed by atoms with van der Waals surface area (Å²) in [6.07, 6.45) is 6.88. The van der Waals surface area contributed by atoms with Gasteiger partial charge >= 0.3 is 6.03 Å². The van der Waals surface area contributed by atoms with E-state index in [4.69, 9.17) is 4.42 Å². The maximum atomic E-state index is 13.3. The zero-order valence-electron chi connectivity index (χ0n) is 17.5. The quantitative estimate of drug-likeness (QED) is 0.556. The Kier molecular flexibility index (Phi) is 6.79. The van der Waals surface area contributed by atoms with Crippen LogP contribution in [0.15, 0.2) is 22.8 Å². The summed E-state index contributed by atoms with van der Waals surface area (Å²) in [5.74, 6) is -0.627. The number of hydrogen-bond donors (Lipinski definition) is 3. The van der Waals surface area contributed by atoms with Gasteiger partial charge in [-0.15, -0.1) is 0 Å².